The fourth-order valence-corrected chi connectivity index (χ4v) is 2.18. The fourth-order valence-electron chi connectivity index (χ4n) is 0.787. The van der Waals surface area contributed by atoms with Gasteiger partial charge in [0.05, 0.1) is 4.88 Å². The summed E-state index contributed by atoms with van der Waals surface area (Å²) in [5, 5.41) is 5.83. The average Bonchev–Trinajstić information content (AvgIpc) is 2.55. The molecule has 56 valence electrons. The van der Waals surface area contributed by atoms with E-state index in [4.69, 9.17) is 4.52 Å². The lowest BCUT2D eigenvalue weighted by Gasteiger charge is -1.82. The number of hydrogen-bond donors (Lipinski definition) is 0. The summed E-state index contributed by atoms with van der Waals surface area (Å²) in [5.41, 5.74) is 0.890. The van der Waals surface area contributed by atoms with Crippen LogP contribution in [0.3, 0.4) is 0 Å². The van der Waals surface area contributed by atoms with Gasteiger partial charge in [-0.3, -0.25) is 0 Å². The highest BCUT2D eigenvalue weighted by molar-refractivity contribution is 9.10. The Labute approximate surface area is 76.0 Å². The van der Waals surface area contributed by atoms with Crippen LogP contribution in [0.4, 0.5) is 0 Å². The zero-order valence-electron chi connectivity index (χ0n) is 5.45. The SMILES string of the molecule is Brc1csc(-c2ccon2)c1. The summed E-state index contributed by atoms with van der Waals surface area (Å²) in [6.45, 7) is 0. The van der Waals surface area contributed by atoms with Crippen molar-refractivity contribution in [3.63, 3.8) is 0 Å². The molecule has 2 nitrogen and oxygen atoms in total. The monoisotopic (exact) mass is 229 g/mol. The highest BCUT2D eigenvalue weighted by atomic mass is 79.9. The van der Waals surface area contributed by atoms with Crippen molar-refractivity contribution in [2.75, 3.05) is 0 Å². The highest BCUT2D eigenvalue weighted by Crippen LogP contribution is 2.28. The molecule has 0 atom stereocenters. The third-order valence-electron chi connectivity index (χ3n) is 1.26. The molecule has 0 fully saturated rings. The van der Waals surface area contributed by atoms with Gasteiger partial charge in [0.1, 0.15) is 12.0 Å². The Balaban J connectivity index is 2.45. The van der Waals surface area contributed by atoms with Crippen molar-refractivity contribution in [3.05, 3.63) is 28.2 Å². The Hall–Kier alpha value is -0.610. The molecule has 0 aliphatic heterocycles. The Kier molecular flexibility index (Phi) is 1.79. The van der Waals surface area contributed by atoms with E-state index >= 15 is 0 Å². The summed E-state index contributed by atoms with van der Waals surface area (Å²) in [6.07, 6.45) is 1.57. The second kappa shape index (κ2) is 2.79. The molecule has 0 unspecified atom stereocenters. The molecule has 2 aromatic rings. The van der Waals surface area contributed by atoms with Gasteiger partial charge in [0.15, 0.2) is 0 Å². The topological polar surface area (TPSA) is 26.0 Å². The normalized spacial score (nSPS) is 10.3. The van der Waals surface area contributed by atoms with E-state index in [0.29, 0.717) is 0 Å². The van der Waals surface area contributed by atoms with E-state index in [0.717, 1.165) is 15.0 Å². The first-order chi connectivity index (χ1) is 5.36. The van der Waals surface area contributed by atoms with Gasteiger partial charge in [0.2, 0.25) is 0 Å². The second-order valence-electron chi connectivity index (χ2n) is 2.01. The van der Waals surface area contributed by atoms with Gasteiger partial charge in [-0.15, -0.1) is 11.3 Å². The number of thiophene rings is 1. The molecular formula is C7H4BrNOS. The minimum Gasteiger partial charge on any atom is -0.364 e. The van der Waals surface area contributed by atoms with Gasteiger partial charge in [-0.05, 0) is 22.0 Å². The van der Waals surface area contributed by atoms with Crippen LogP contribution in [0.1, 0.15) is 0 Å². The van der Waals surface area contributed by atoms with Crippen molar-refractivity contribution in [1.29, 1.82) is 0 Å². The van der Waals surface area contributed by atoms with E-state index in [2.05, 4.69) is 21.1 Å². The largest absolute Gasteiger partial charge is 0.364 e. The van der Waals surface area contributed by atoms with Crippen LogP contribution in [0.5, 0.6) is 0 Å². The van der Waals surface area contributed by atoms with Crippen molar-refractivity contribution < 1.29 is 4.52 Å². The average molecular weight is 230 g/mol. The van der Waals surface area contributed by atoms with Crippen molar-refractivity contribution in [3.8, 4) is 10.6 Å². The number of aromatic nitrogens is 1. The van der Waals surface area contributed by atoms with E-state index in [9.17, 15) is 0 Å². The zero-order chi connectivity index (χ0) is 7.68. The molecule has 11 heavy (non-hydrogen) atoms. The van der Waals surface area contributed by atoms with Crippen LogP contribution in [0.15, 0.2) is 32.8 Å². The standard InChI is InChI=1S/C7H4BrNOS/c8-5-3-7(11-4-5)6-1-2-10-9-6/h1-4H. The van der Waals surface area contributed by atoms with Crippen molar-refractivity contribution in [2.24, 2.45) is 0 Å². The molecule has 0 radical (unpaired) electrons. The lowest BCUT2D eigenvalue weighted by atomic mass is 10.3. The van der Waals surface area contributed by atoms with Crippen LogP contribution < -0.4 is 0 Å². The molecule has 0 aliphatic rings. The van der Waals surface area contributed by atoms with E-state index in [1.165, 1.54) is 0 Å². The molecule has 0 spiro atoms. The predicted molar refractivity (Wildman–Crippen MR) is 47.5 cm³/mol. The summed E-state index contributed by atoms with van der Waals surface area (Å²) in [7, 11) is 0. The third-order valence-corrected chi connectivity index (χ3v) is 2.97. The number of nitrogens with zero attached hydrogens (tertiary/aromatic N) is 1. The molecule has 0 amide bonds. The summed E-state index contributed by atoms with van der Waals surface area (Å²) in [5.74, 6) is 0. The number of halogens is 1. The van der Waals surface area contributed by atoms with Crippen LogP contribution in [-0.2, 0) is 0 Å². The summed E-state index contributed by atoms with van der Waals surface area (Å²) >= 11 is 5.01. The predicted octanol–water partition coefficient (Wildman–Crippen LogP) is 3.17. The van der Waals surface area contributed by atoms with Crippen LogP contribution in [0.25, 0.3) is 10.6 Å². The van der Waals surface area contributed by atoms with Gasteiger partial charge in [-0.25, -0.2) is 0 Å². The first-order valence-electron chi connectivity index (χ1n) is 3.01. The molecule has 0 aliphatic carbocycles. The van der Waals surface area contributed by atoms with Crippen LogP contribution in [0.2, 0.25) is 0 Å². The molecule has 2 rings (SSSR count). The first kappa shape index (κ1) is 7.06. The van der Waals surface area contributed by atoms with Gasteiger partial charge in [0, 0.05) is 15.9 Å². The van der Waals surface area contributed by atoms with E-state index in [1.54, 1.807) is 17.6 Å². The van der Waals surface area contributed by atoms with Gasteiger partial charge >= 0.3 is 0 Å². The van der Waals surface area contributed by atoms with Gasteiger partial charge < -0.3 is 4.52 Å². The smallest absolute Gasteiger partial charge is 0.124 e. The fraction of sp³-hybridized carbons (Fsp3) is 0. The van der Waals surface area contributed by atoms with E-state index in [-0.39, 0.29) is 0 Å². The molecule has 0 saturated carbocycles. The lowest BCUT2D eigenvalue weighted by molar-refractivity contribution is 0.422. The van der Waals surface area contributed by atoms with Gasteiger partial charge in [-0.1, -0.05) is 5.16 Å². The van der Waals surface area contributed by atoms with Crippen LogP contribution in [-0.4, -0.2) is 5.16 Å². The molecule has 2 aromatic heterocycles. The Morgan fingerprint density at radius 2 is 2.45 bits per heavy atom. The second-order valence-corrected chi connectivity index (χ2v) is 3.84. The molecule has 0 N–H and O–H groups in total. The summed E-state index contributed by atoms with van der Waals surface area (Å²) in [6, 6.07) is 3.86. The van der Waals surface area contributed by atoms with Crippen molar-refractivity contribution in [2.45, 2.75) is 0 Å². The van der Waals surface area contributed by atoms with Crippen LogP contribution in [0, 0.1) is 0 Å². The molecule has 0 saturated heterocycles. The summed E-state index contributed by atoms with van der Waals surface area (Å²) in [4.78, 5) is 1.12. The first-order valence-corrected chi connectivity index (χ1v) is 4.68. The van der Waals surface area contributed by atoms with E-state index < -0.39 is 0 Å². The Morgan fingerprint density at radius 3 is 3.00 bits per heavy atom. The van der Waals surface area contributed by atoms with E-state index in [1.807, 2.05) is 17.5 Å². The number of hydrogen-bond acceptors (Lipinski definition) is 3. The Bertz CT molecular complexity index is 341. The lowest BCUT2D eigenvalue weighted by Crippen LogP contribution is -1.66. The maximum Gasteiger partial charge on any atom is 0.124 e. The zero-order valence-corrected chi connectivity index (χ0v) is 7.85. The maximum atomic E-state index is 4.72. The van der Waals surface area contributed by atoms with Crippen molar-refractivity contribution >= 4 is 27.3 Å². The molecule has 0 aromatic carbocycles. The van der Waals surface area contributed by atoms with Crippen molar-refractivity contribution in [1.82, 2.24) is 5.16 Å². The Morgan fingerprint density at radius 1 is 1.55 bits per heavy atom. The maximum absolute atomic E-state index is 4.72. The molecule has 0 bridgehead atoms. The quantitative estimate of drug-likeness (QED) is 0.751. The molecular weight excluding hydrogens is 226 g/mol. The number of rotatable bonds is 1. The summed E-state index contributed by atoms with van der Waals surface area (Å²) < 4.78 is 5.80. The van der Waals surface area contributed by atoms with Crippen LogP contribution >= 0.6 is 27.3 Å². The highest BCUT2D eigenvalue weighted by Gasteiger charge is 2.02. The molecule has 4 heteroatoms. The molecule has 2 heterocycles. The van der Waals surface area contributed by atoms with Gasteiger partial charge in [-0.2, -0.15) is 0 Å². The minimum absolute atomic E-state index is 0.890. The third kappa shape index (κ3) is 1.36. The minimum atomic E-state index is 0.890. The van der Waals surface area contributed by atoms with Gasteiger partial charge in [0.25, 0.3) is 0 Å².